The van der Waals surface area contributed by atoms with Crippen LogP contribution in [0.4, 0.5) is 0 Å². The van der Waals surface area contributed by atoms with Gasteiger partial charge in [-0.3, -0.25) is 9.36 Å². The molecule has 2 aromatic heterocycles. The number of phenolic OH excluding ortho intramolecular Hbond substituents is 1. The van der Waals surface area contributed by atoms with E-state index < -0.39 is 0 Å². The Morgan fingerprint density at radius 1 is 1.04 bits per heavy atom. The van der Waals surface area contributed by atoms with Gasteiger partial charge in [-0.25, -0.2) is 0 Å². The molecule has 0 fully saturated rings. The van der Waals surface area contributed by atoms with Crippen molar-refractivity contribution in [2.75, 3.05) is 0 Å². The number of fused-ring (bicyclic) bond motifs is 3. The van der Waals surface area contributed by atoms with E-state index in [9.17, 15) is 9.90 Å². The van der Waals surface area contributed by atoms with E-state index in [0.717, 1.165) is 24.4 Å². The van der Waals surface area contributed by atoms with E-state index in [0.29, 0.717) is 17.1 Å². The van der Waals surface area contributed by atoms with Crippen LogP contribution in [-0.2, 0) is 12.8 Å². The summed E-state index contributed by atoms with van der Waals surface area (Å²) in [5, 5.41) is 18.6. The summed E-state index contributed by atoms with van der Waals surface area (Å²) in [5.74, 6) is 1.31. The van der Waals surface area contributed by atoms with Gasteiger partial charge in [-0.05, 0) is 36.2 Å². The second-order valence-electron chi connectivity index (χ2n) is 6.55. The summed E-state index contributed by atoms with van der Waals surface area (Å²) in [6, 6.07) is 16.5. The summed E-state index contributed by atoms with van der Waals surface area (Å²) >= 11 is 0. The monoisotopic (exact) mass is 356 g/mol. The van der Waals surface area contributed by atoms with Gasteiger partial charge in [-0.2, -0.15) is 0 Å². The molecular weight excluding hydrogens is 340 g/mol. The van der Waals surface area contributed by atoms with Crippen molar-refractivity contribution in [3.63, 3.8) is 0 Å². The van der Waals surface area contributed by atoms with Crippen molar-refractivity contribution in [1.82, 2.24) is 19.7 Å². The molecule has 0 atom stereocenters. The number of aryl methyl sites for hydroxylation is 2. The van der Waals surface area contributed by atoms with E-state index in [1.807, 2.05) is 16.7 Å². The maximum Gasteiger partial charge on any atom is 0.198 e. The van der Waals surface area contributed by atoms with Crippen molar-refractivity contribution in [2.24, 2.45) is 0 Å². The van der Waals surface area contributed by atoms with E-state index >= 15 is 0 Å². The molecule has 0 saturated heterocycles. The lowest BCUT2D eigenvalue weighted by Crippen LogP contribution is -2.13. The van der Waals surface area contributed by atoms with Crippen molar-refractivity contribution in [3.05, 3.63) is 83.3 Å². The van der Waals surface area contributed by atoms with Crippen LogP contribution in [0.2, 0.25) is 0 Å². The number of H-pyrrole nitrogens is 1. The van der Waals surface area contributed by atoms with Gasteiger partial charge in [0, 0.05) is 18.2 Å². The topological polar surface area (TPSA) is 83.8 Å². The highest BCUT2D eigenvalue weighted by atomic mass is 16.3. The van der Waals surface area contributed by atoms with Crippen molar-refractivity contribution in [2.45, 2.75) is 12.8 Å². The molecule has 0 saturated carbocycles. The Kier molecular flexibility index (Phi) is 3.43. The van der Waals surface area contributed by atoms with E-state index in [4.69, 9.17) is 0 Å². The highest BCUT2D eigenvalue weighted by Gasteiger charge is 2.23. The van der Waals surface area contributed by atoms with Crippen molar-refractivity contribution < 1.29 is 9.90 Å². The fourth-order valence-corrected chi connectivity index (χ4v) is 3.57. The smallest absolute Gasteiger partial charge is 0.198 e. The zero-order chi connectivity index (χ0) is 18.4. The number of aromatic nitrogens is 4. The van der Waals surface area contributed by atoms with Crippen LogP contribution in [-0.4, -0.2) is 30.6 Å². The molecule has 0 radical (unpaired) electrons. The number of hydrogen-bond acceptors (Lipinski definition) is 4. The summed E-state index contributed by atoms with van der Waals surface area (Å²) in [6.07, 6.45) is 3.41. The molecule has 1 aliphatic heterocycles. The number of nitrogens with zero attached hydrogens (tertiary/aromatic N) is 3. The Bertz CT molecular complexity index is 1170. The molecule has 2 N–H and O–H groups in total. The molecular formula is C21H16N4O2. The SMILES string of the molecule is O=C(c1c[nH]c(-c2nnc3n2-c2ccccc2CC3)c1)c1ccccc1O. The standard InChI is InChI=1S/C21H16N4O2/c26-18-8-4-2-6-15(18)20(27)14-11-16(22-12-14)21-24-23-19-10-9-13-5-1-3-7-17(13)25(19)21/h1-8,11-12,22,26H,9-10H2. The van der Waals surface area contributed by atoms with Crippen LogP contribution in [0.1, 0.15) is 27.3 Å². The molecule has 4 aromatic rings. The molecule has 6 heteroatoms. The maximum absolute atomic E-state index is 12.7. The van der Waals surface area contributed by atoms with Gasteiger partial charge in [-0.1, -0.05) is 30.3 Å². The number of benzene rings is 2. The maximum atomic E-state index is 12.7. The number of ketones is 1. The summed E-state index contributed by atoms with van der Waals surface area (Å²) in [6.45, 7) is 0. The number of phenols is 1. The van der Waals surface area contributed by atoms with E-state index in [-0.39, 0.29) is 17.1 Å². The van der Waals surface area contributed by atoms with E-state index in [1.54, 1.807) is 30.5 Å². The Morgan fingerprint density at radius 3 is 2.74 bits per heavy atom. The number of carbonyl (C=O) groups is 1. The van der Waals surface area contributed by atoms with Gasteiger partial charge in [0.25, 0.3) is 0 Å². The largest absolute Gasteiger partial charge is 0.507 e. The first kappa shape index (κ1) is 15.6. The quantitative estimate of drug-likeness (QED) is 0.552. The second kappa shape index (κ2) is 5.95. The minimum absolute atomic E-state index is 0.0287. The number of aromatic hydroxyl groups is 1. The molecule has 132 valence electrons. The lowest BCUT2D eigenvalue weighted by molar-refractivity contribution is 0.103. The molecule has 2 aromatic carbocycles. The van der Waals surface area contributed by atoms with Gasteiger partial charge in [0.1, 0.15) is 11.6 Å². The van der Waals surface area contributed by atoms with Gasteiger partial charge in [-0.15, -0.1) is 10.2 Å². The Hall–Kier alpha value is -3.67. The summed E-state index contributed by atoms with van der Waals surface area (Å²) in [5.41, 5.74) is 3.78. The molecule has 0 amide bonds. The van der Waals surface area contributed by atoms with Gasteiger partial charge in [0.2, 0.25) is 0 Å². The minimum atomic E-state index is -0.241. The van der Waals surface area contributed by atoms with Crippen LogP contribution in [0, 0.1) is 0 Å². The van der Waals surface area contributed by atoms with Crippen LogP contribution in [0.25, 0.3) is 17.2 Å². The van der Waals surface area contributed by atoms with Crippen LogP contribution >= 0.6 is 0 Å². The van der Waals surface area contributed by atoms with Crippen LogP contribution < -0.4 is 0 Å². The average Bonchev–Trinajstić information content (AvgIpc) is 3.35. The fourth-order valence-electron chi connectivity index (χ4n) is 3.57. The van der Waals surface area contributed by atoms with Crippen molar-refractivity contribution in [3.8, 4) is 23.0 Å². The number of hydrogen-bond donors (Lipinski definition) is 2. The number of para-hydroxylation sites is 2. The van der Waals surface area contributed by atoms with Crippen molar-refractivity contribution >= 4 is 5.78 Å². The molecule has 27 heavy (non-hydrogen) atoms. The Morgan fingerprint density at radius 2 is 1.85 bits per heavy atom. The normalized spacial score (nSPS) is 12.4. The number of nitrogens with one attached hydrogen (secondary N) is 1. The molecule has 6 nitrogen and oxygen atoms in total. The molecule has 0 spiro atoms. The third-order valence-electron chi connectivity index (χ3n) is 4.92. The van der Waals surface area contributed by atoms with Gasteiger partial charge >= 0.3 is 0 Å². The number of rotatable bonds is 3. The van der Waals surface area contributed by atoms with Crippen LogP contribution in [0.5, 0.6) is 5.75 Å². The predicted octanol–water partition coefficient (Wildman–Crippen LogP) is 3.30. The van der Waals surface area contributed by atoms with Crippen LogP contribution in [0.15, 0.2) is 60.8 Å². The zero-order valence-corrected chi connectivity index (χ0v) is 14.4. The summed E-state index contributed by atoms with van der Waals surface area (Å²) in [4.78, 5) is 15.8. The Labute approximate surface area is 155 Å². The van der Waals surface area contributed by atoms with Gasteiger partial charge < -0.3 is 10.1 Å². The van der Waals surface area contributed by atoms with Gasteiger partial charge in [0.15, 0.2) is 11.6 Å². The molecule has 0 bridgehead atoms. The first-order valence-corrected chi connectivity index (χ1v) is 8.76. The average molecular weight is 356 g/mol. The highest BCUT2D eigenvalue weighted by Crippen LogP contribution is 2.30. The highest BCUT2D eigenvalue weighted by molar-refractivity contribution is 6.11. The molecule has 1 aliphatic rings. The minimum Gasteiger partial charge on any atom is -0.507 e. The van der Waals surface area contributed by atoms with E-state index in [2.05, 4.69) is 27.3 Å². The fraction of sp³-hybridized carbons (Fsp3) is 0.0952. The second-order valence-corrected chi connectivity index (χ2v) is 6.55. The molecule has 5 rings (SSSR count). The number of aromatic amines is 1. The summed E-state index contributed by atoms with van der Waals surface area (Å²) in [7, 11) is 0. The molecule has 0 unspecified atom stereocenters. The summed E-state index contributed by atoms with van der Waals surface area (Å²) < 4.78 is 2.04. The number of carbonyl (C=O) groups excluding carboxylic acids is 1. The van der Waals surface area contributed by atoms with E-state index in [1.165, 1.54) is 11.6 Å². The van der Waals surface area contributed by atoms with Crippen LogP contribution in [0.3, 0.4) is 0 Å². The third kappa shape index (κ3) is 2.45. The predicted molar refractivity (Wildman–Crippen MR) is 100 cm³/mol. The lowest BCUT2D eigenvalue weighted by atomic mass is 10.0. The van der Waals surface area contributed by atoms with Crippen molar-refractivity contribution in [1.29, 1.82) is 0 Å². The zero-order valence-electron chi connectivity index (χ0n) is 14.4. The lowest BCUT2D eigenvalue weighted by Gasteiger charge is -2.18. The first-order valence-electron chi connectivity index (χ1n) is 8.76. The Balaban J connectivity index is 1.57. The molecule has 0 aliphatic carbocycles. The van der Waals surface area contributed by atoms with Gasteiger partial charge in [0.05, 0.1) is 16.9 Å². The molecule has 3 heterocycles. The third-order valence-corrected chi connectivity index (χ3v) is 4.92. The first-order chi connectivity index (χ1) is 13.2.